The lowest BCUT2D eigenvalue weighted by Gasteiger charge is -2.15. The molecule has 0 aliphatic rings. The highest BCUT2D eigenvalue weighted by atomic mass is 127. The van der Waals surface area contributed by atoms with Crippen LogP contribution < -0.4 is 10.8 Å². The molecule has 0 fully saturated rings. The third-order valence-electron chi connectivity index (χ3n) is 3.30. The van der Waals surface area contributed by atoms with Crippen molar-refractivity contribution in [2.24, 2.45) is 0 Å². The fourth-order valence-electron chi connectivity index (χ4n) is 2.05. The van der Waals surface area contributed by atoms with E-state index in [4.69, 9.17) is 11.3 Å². The molecule has 0 bridgehead atoms. The van der Waals surface area contributed by atoms with E-state index in [2.05, 4.69) is 39.3 Å². The lowest BCUT2D eigenvalue weighted by atomic mass is 10.1. The molecule has 0 saturated heterocycles. The molecule has 0 atom stereocenters. The number of aryl methyl sites for hydroxylation is 1. The van der Waals surface area contributed by atoms with E-state index in [0.717, 1.165) is 15.2 Å². The summed E-state index contributed by atoms with van der Waals surface area (Å²) in [5, 5.41) is 2.79. The number of hydrogen-bond donors (Lipinski definition) is 2. The minimum Gasteiger partial charge on any atom is -0.352 e. The highest BCUT2D eigenvalue weighted by molar-refractivity contribution is 14.1. The molecular weight excluding hydrogens is 441 g/mol. The maximum Gasteiger partial charge on any atom is 0.277 e. The van der Waals surface area contributed by atoms with Crippen LogP contribution in [0, 0.1) is 34.5 Å². The van der Waals surface area contributed by atoms with E-state index >= 15 is 0 Å². The molecular formula is C18H15F2IN2O2. The second-order valence-corrected chi connectivity index (χ2v) is 6.35. The molecule has 0 heterocycles. The SMILES string of the molecule is C#CCCONC(=O)c1ccc(F)c(F)c1Nc1ccc(I)cc1C. The van der Waals surface area contributed by atoms with Crippen LogP contribution in [0.15, 0.2) is 30.3 Å². The van der Waals surface area contributed by atoms with Gasteiger partial charge >= 0.3 is 0 Å². The lowest BCUT2D eigenvalue weighted by molar-refractivity contribution is 0.0335. The molecule has 0 unspecified atom stereocenters. The Hall–Kier alpha value is -2.18. The summed E-state index contributed by atoms with van der Waals surface area (Å²) in [5.74, 6) is -0.557. The Balaban J connectivity index is 2.31. The zero-order valence-electron chi connectivity index (χ0n) is 13.3. The van der Waals surface area contributed by atoms with Gasteiger partial charge in [0.1, 0.15) is 0 Å². The number of hydroxylamine groups is 1. The van der Waals surface area contributed by atoms with E-state index in [9.17, 15) is 13.6 Å². The molecule has 25 heavy (non-hydrogen) atoms. The van der Waals surface area contributed by atoms with Crippen molar-refractivity contribution in [2.75, 3.05) is 11.9 Å². The van der Waals surface area contributed by atoms with E-state index in [1.165, 1.54) is 6.07 Å². The molecule has 2 aromatic carbocycles. The molecule has 7 heteroatoms. The summed E-state index contributed by atoms with van der Waals surface area (Å²) >= 11 is 2.15. The van der Waals surface area contributed by atoms with Gasteiger partial charge in [-0.25, -0.2) is 14.3 Å². The number of nitrogens with one attached hydrogen (secondary N) is 2. The van der Waals surface area contributed by atoms with Crippen molar-refractivity contribution in [2.45, 2.75) is 13.3 Å². The first-order valence-electron chi connectivity index (χ1n) is 7.30. The number of rotatable bonds is 6. The number of anilines is 2. The van der Waals surface area contributed by atoms with Gasteiger partial charge in [0.15, 0.2) is 11.6 Å². The van der Waals surface area contributed by atoms with E-state index < -0.39 is 17.5 Å². The Morgan fingerprint density at radius 1 is 1.32 bits per heavy atom. The normalized spacial score (nSPS) is 10.2. The standard InChI is InChI=1S/C18H15F2IN2O2/c1-3-4-9-25-23-18(24)13-6-7-14(19)16(20)17(13)22-15-8-5-12(21)10-11(15)2/h1,5-8,10,22H,4,9H2,2H3,(H,23,24). The van der Waals surface area contributed by atoms with Gasteiger partial charge in [-0.2, -0.15) is 0 Å². The van der Waals surface area contributed by atoms with Gasteiger partial charge in [0.2, 0.25) is 0 Å². The Morgan fingerprint density at radius 3 is 2.76 bits per heavy atom. The zero-order valence-corrected chi connectivity index (χ0v) is 15.5. The molecule has 0 saturated carbocycles. The van der Waals surface area contributed by atoms with Gasteiger partial charge in [0.05, 0.1) is 17.9 Å². The highest BCUT2D eigenvalue weighted by Crippen LogP contribution is 2.28. The molecule has 0 aliphatic heterocycles. The van der Waals surface area contributed by atoms with Crippen LogP contribution in [0.25, 0.3) is 0 Å². The predicted octanol–water partition coefficient (Wildman–Crippen LogP) is 4.31. The van der Waals surface area contributed by atoms with Crippen molar-refractivity contribution in [3.8, 4) is 12.3 Å². The van der Waals surface area contributed by atoms with Gasteiger partial charge in [-0.1, -0.05) is 0 Å². The molecule has 0 spiro atoms. The van der Waals surface area contributed by atoms with Gasteiger partial charge < -0.3 is 5.32 Å². The Kier molecular flexibility index (Phi) is 6.73. The average Bonchev–Trinajstić information content (AvgIpc) is 2.58. The average molecular weight is 456 g/mol. The first-order valence-corrected chi connectivity index (χ1v) is 8.38. The largest absolute Gasteiger partial charge is 0.352 e. The molecule has 0 aliphatic carbocycles. The summed E-state index contributed by atoms with van der Waals surface area (Å²) in [5.41, 5.74) is 3.21. The zero-order chi connectivity index (χ0) is 18.4. The van der Waals surface area contributed by atoms with Crippen LogP contribution in [0.3, 0.4) is 0 Å². The van der Waals surface area contributed by atoms with Gasteiger partial charge in [0.25, 0.3) is 5.91 Å². The first kappa shape index (κ1) is 19.1. The summed E-state index contributed by atoms with van der Waals surface area (Å²) in [6, 6.07) is 7.49. The molecule has 130 valence electrons. The van der Waals surface area contributed by atoms with Crippen LogP contribution in [0.1, 0.15) is 22.3 Å². The third-order valence-corrected chi connectivity index (χ3v) is 3.97. The molecule has 2 rings (SSSR count). The summed E-state index contributed by atoms with van der Waals surface area (Å²) in [6.45, 7) is 1.94. The van der Waals surface area contributed by atoms with Crippen molar-refractivity contribution in [3.63, 3.8) is 0 Å². The Labute approximate surface area is 158 Å². The van der Waals surface area contributed by atoms with E-state index in [-0.39, 0.29) is 17.9 Å². The molecule has 2 N–H and O–H groups in total. The number of terminal acetylenes is 1. The van der Waals surface area contributed by atoms with Crippen molar-refractivity contribution in [1.82, 2.24) is 5.48 Å². The topological polar surface area (TPSA) is 50.4 Å². The number of amides is 1. The van der Waals surface area contributed by atoms with Gasteiger partial charge in [-0.05, 0) is 65.4 Å². The highest BCUT2D eigenvalue weighted by Gasteiger charge is 2.19. The number of carbonyl (C=O) groups excluding carboxylic acids is 1. The smallest absolute Gasteiger partial charge is 0.277 e. The van der Waals surface area contributed by atoms with Crippen LogP contribution >= 0.6 is 22.6 Å². The van der Waals surface area contributed by atoms with Crippen LogP contribution in [0.5, 0.6) is 0 Å². The van der Waals surface area contributed by atoms with E-state index in [1.54, 1.807) is 6.07 Å². The quantitative estimate of drug-likeness (QED) is 0.295. The minimum atomic E-state index is -1.14. The molecule has 0 aromatic heterocycles. The van der Waals surface area contributed by atoms with Crippen molar-refractivity contribution in [1.29, 1.82) is 0 Å². The van der Waals surface area contributed by atoms with E-state index in [0.29, 0.717) is 12.1 Å². The van der Waals surface area contributed by atoms with Crippen molar-refractivity contribution >= 4 is 39.9 Å². The van der Waals surface area contributed by atoms with Crippen LogP contribution in [-0.2, 0) is 4.84 Å². The van der Waals surface area contributed by atoms with Crippen LogP contribution in [0.4, 0.5) is 20.2 Å². The van der Waals surface area contributed by atoms with Crippen LogP contribution in [0.2, 0.25) is 0 Å². The summed E-state index contributed by atoms with van der Waals surface area (Å²) in [4.78, 5) is 17.1. The van der Waals surface area contributed by atoms with Gasteiger partial charge in [-0.15, -0.1) is 12.3 Å². The van der Waals surface area contributed by atoms with Crippen molar-refractivity contribution in [3.05, 3.63) is 56.7 Å². The number of hydrogen-bond acceptors (Lipinski definition) is 3. The Morgan fingerprint density at radius 2 is 2.08 bits per heavy atom. The third kappa shape index (κ3) is 4.90. The predicted molar refractivity (Wildman–Crippen MR) is 100 cm³/mol. The number of benzene rings is 2. The lowest BCUT2D eigenvalue weighted by Crippen LogP contribution is -2.25. The Bertz CT molecular complexity index is 835. The summed E-state index contributed by atoms with van der Waals surface area (Å²) in [7, 11) is 0. The van der Waals surface area contributed by atoms with Gasteiger partial charge in [-0.3, -0.25) is 9.63 Å². The fourth-order valence-corrected chi connectivity index (χ4v) is 2.69. The van der Waals surface area contributed by atoms with Gasteiger partial charge in [0, 0.05) is 15.7 Å². The minimum absolute atomic E-state index is 0.0856. The fraction of sp³-hybridized carbons (Fsp3) is 0.167. The monoisotopic (exact) mass is 456 g/mol. The number of carbonyl (C=O) groups is 1. The molecule has 4 nitrogen and oxygen atoms in total. The second-order valence-electron chi connectivity index (χ2n) is 5.10. The number of halogens is 3. The summed E-state index contributed by atoms with van der Waals surface area (Å²) < 4.78 is 28.9. The maximum atomic E-state index is 14.3. The van der Waals surface area contributed by atoms with Crippen LogP contribution in [-0.4, -0.2) is 12.5 Å². The van der Waals surface area contributed by atoms with E-state index in [1.807, 2.05) is 19.1 Å². The summed E-state index contributed by atoms with van der Waals surface area (Å²) in [6.07, 6.45) is 5.39. The molecule has 2 aromatic rings. The van der Waals surface area contributed by atoms with Crippen molar-refractivity contribution < 1.29 is 18.4 Å². The first-order chi connectivity index (χ1) is 11.9. The second kappa shape index (κ2) is 8.78. The molecule has 1 amide bonds. The maximum absolute atomic E-state index is 14.3. The molecule has 0 radical (unpaired) electrons.